The molecule has 5 nitrogen and oxygen atoms in total. The van der Waals surface area contributed by atoms with Crippen molar-refractivity contribution in [2.45, 2.75) is 51.1 Å². The molecule has 1 atom stereocenters. The average Bonchev–Trinajstić information content (AvgIpc) is 3.46. The first-order chi connectivity index (χ1) is 14.8. The van der Waals surface area contributed by atoms with E-state index in [0.29, 0.717) is 22.7 Å². The molecule has 0 spiro atoms. The summed E-state index contributed by atoms with van der Waals surface area (Å²) >= 11 is 1.64. The molecule has 0 aliphatic heterocycles. The Labute approximate surface area is 183 Å². The third-order valence-corrected chi connectivity index (χ3v) is 7.86. The fraction of sp³-hybridized carbons (Fsp3) is 0.417. The van der Waals surface area contributed by atoms with E-state index in [1.54, 1.807) is 11.3 Å². The number of hydrogen-bond donors (Lipinski definition) is 1. The summed E-state index contributed by atoms with van der Waals surface area (Å²) in [7, 11) is 4.15. The number of carboxylic acid groups (broad SMARTS) is 1. The highest BCUT2D eigenvalue weighted by molar-refractivity contribution is 7.15. The maximum Gasteiger partial charge on any atom is 0.341 e. The summed E-state index contributed by atoms with van der Waals surface area (Å²) in [5.74, 6) is -1.74. The van der Waals surface area contributed by atoms with Crippen molar-refractivity contribution < 1.29 is 14.3 Å². The lowest BCUT2D eigenvalue weighted by Crippen LogP contribution is -2.22. The molecule has 1 fully saturated rings. The van der Waals surface area contributed by atoms with Crippen LogP contribution in [0.2, 0.25) is 0 Å². The molecule has 1 aromatic carbocycles. The maximum atomic E-state index is 15.4. The number of hydrogen-bond acceptors (Lipinski definition) is 4. The van der Waals surface area contributed by atoms with Gasteiger partial charge in [-0.3, -0.25) is 4.79 Å². The van der Waals surface area contributed by atoms with Crippen molar-refractivity contribution in [2.24, 2.45) is 0 Å². The van der Waals surface area contributed by atoms with Crippen molar-refractivity contribution in [2.75, 3.05) is 14.1 Å². The molecule has 2 aliphatic rings. The largest absolute Gasteiger partial charge is 0.477 e. The van der Waals surface area contributed by atoms with E-state index in [4.69, 9.17) is 0 Å². The Kier molecular flexibility index (Phi) is 4.79. The Morgan fingerprint density at radius 2 is 2.00 bits per heavy atom. The van der Waals surface area contributed by atoms with E-state index in [1.165, 1.54) is 22.7 Å². The van der Waals surface area contributed by atoms with Crippen LogP contribution in [0.15, 0.2) is 23.1 Å². The first kappa shape index (κ1) is 20.4. The molecule has 5 rings (SSSR count). The molecule has 0 amide bonds. The van der Waals surface area contributed by atoms with Gasteiger partial charge in [0.1, 0.15) is 11.4 Å². The molecule has 2 heterocycles. The van der Waals surface area contributed by atoms with Crippen LogP contribution < -0.4 is 5.43 Å². The van der Waals surface area contributed by atoms with Crippen LogP contribution in [0.1, 0.15) is 64.1 Å². The Morgan fingerprint density at radius 3 is 2.65 bits per heavy atom. The monoisotopic (exact) mass is 440 g/mol. The van der Waals surface area contributed by atoms with Gasteiger partial charge < -0.3 is 14.6 Å². The van der Waals surface area contributed by atoms with Gasteiger partial charge in [0.25, 0.3) is 0 Å². The predicted octanol–water partition coefficient (Wildman–Crippen LogP) is 5.15. The number of pyridine rings is 1. The summed E-state index contributed by atoms with van der Waals surface area (Å²) in [6, 6.07) is 3.85. The van der Waals surface area contributed by atoms with Crippen molar-refractivity contribution in [3.63, 3.8) is 0 Å². The Bertz CT molecular complexity index is 1290. The quantitative estimate of drug-likeness (QED) is 0.610. The minimum atomic E-state index is -1.27. The summed E-state index contributed by atoms with van der Waals surface area (Å²) in [6.45, 7) is 1.85. The summed E-state index contributed by atoms with van der Waals surface area (Å²) in [6.07, 6.45) is 6.53. The number of aromatic carboxylic acids is 1. The van der Waals surface area contributed by atoms with Gasteiger partial charge in [-0.15, -0.1) is 11.3 Å². The van der Waals surface area contributed by atoms with Crippen molar-refractivity contribution in [3.8, 4) is 10.4 Å². The average molecular weight is 441 g/mol. The highest BCUT2D eigenvalue weighted by atomic mass is 32.1. The van der Waals surface area contributed by atoms with Gasteiger partial charge in [0.15, 0.2) is 0 Å². The van der Waals surface area contributed by atoms with E-state index >= 15 is 4.39 Å². The zero-order chi connectivity index (χ0) is 22.0. The molecular weight excluding hydrogens is 415 g/mol. The van der Waals surface area contributed by atoms with E-state index in [2.05, 4.69) is 25.1 Å². The number of carboxylic acids is 1. The second-order valence-electron chi connectivity index (χ2n) is 8.93. The number of halogens is 1. The lowest BCUT2D eigenvalue weighted by Gasteiger charge is -2.28. The number of rotatable bonds is 4. The van der Waals surface area contributed by atoms with Crippen molar-refractivity contribution in [3.05, 3.63) is 55.9 Å². The summed E-state index contributed by atoms with van der Waals surface area (Å²) in [5, 5.41) is 9.63. The SMILES string of the molecule is Cc1c(-c2cc3c(s2)CCCC3N(C)C)c(F)cc2c(=O)c(C(=O)O)cn(C3CC3)c12. The summed E-state index contributed by atoms with van der Waals surface area (Å²) in [4.78, 5) is 28.8. The lowest BCUT2D eigenvalue weighted by molar-refractivity contribution is 0.0695. The molecule has 0 saturated heterocycles. The highest BCUT2D eigenvalue weighted by Gasteiger charge is 2.30. The van der Waals surface area contributed by atoms with Gasteiger partial charge in [-0.2, -0.15) is 0 Å². The minimum absolute atomic E-state index is 0.151. The number of thiophene rings is 1. The molecule has 2 aromatic heterocycles. The van der Waals surface area contributed by atoms with Crippen molar-refractivity contribution in [1.29, 1.82) is 0 Å². The molecule has 3 aromatic rings. The Hall–Kier alpha value is -2.51. The number of fused-ring (bicyclic) bond motifs is 2. The van der Waals surface area contributed by atoms with Crippen LogP contribution >= 0.6 is 11.3 Å². The fourth-order valence-corrected chi connectivity index (χ4v) is 6.33. The van der Waals surface area contributed by atoms with Gasteiger partial charge in [0, 0.05) is 39.0 Å². The fourth-order valence-electron chi connectivity index (χ4n) is 4.97. The van der Waals surface area contributed by atoms with Crippen LogP contribution in [0.4, 0.5) is 4.39 Å². The molecular formula is C24H25FN2O3S. The van der Waals surface area contributed by atoms with Gasteiger partial charge in [-0.1, -0.05) is 0 Å². The lowest BCUT2D eigenvalue weighted by atomic mass is 9.92. The van der Waals surface area contributed by atoms with Crippen LogP contribution in [0.5, 0.6) is 0 Å². The summed E-state index contributed by atoms with van der Waals surface area (Å²) < 4.78 is 17.3. The van der Waals surface area contributed by atoms with Crippen LogP contribution in [0, 0.1) is 12.7 Å². The van der Waals surface area contributed by atoms with Crippen LogP contribution in [0.25, 0.3) is 21.3 Å². The molecule has 1 unspecified atom stereocenters. The summed E-state index contributed by atoms with van der Waals surface area (Å²) in [5.41, 5.74) is 2.25. The van der Waals surface area contributed by atoms with Crippen molar-refractivity contribution in [1.82, 2.24) is 9.47 Å². The van der Waals surface area contributed by atoms with Crippen molar-refractivity contribution >= 4 is 28.2 Å². The molecule has 31 heavy (non-hydrogen) atoms. The maximum absolute atomic E-state index is 15.4. The number of benzene rings is 1. The molecule has 7 heteroatoms. The zero-order valence-electron chi connectivity index (χ0n) is 17.9. The van der Waals surface area contributed by atoms with Gasteiger partial charge in [-0.05, 0) is 76.4 Å². The first-order valence-corrected chi connectivity index (χ1v) is 11.5. The molecule has 0 bridgehead atoms. The van der Waals surface area contributed by atoms with Crippen LogP contribution in [-0.4, -0.2) is 34.6 Å². The third-order valence-electron chi connectivity index (χ3n) is 6.63. The van der Waals surface area contributed by atoms with Gasteiger partial charge in [0.2, 0.25) is 5.43 Å². The first-order valence-electron chi connectivity index (χ1n) is 10.7. The number of aryl methyl sites for hydroxylation is 2. The van der Waals surface area contributed by atoms with E-state index < -0.39 is 17.2 Å². The van der Waals surface area contributed by atoms with Gasteiger partial charge in [0.05, 0.1) is 5.52 Å². The topological polar surface area (TPSA) is 62.5 Å². The van der Waals surface area contributed by atoms with E-state index in [9.17, 15) is 14.7 Å². The second kappa shape index (κ2) is 7.28. The molecule has 1 saturated carbocycles. The molecule has 162 valence electrons. The number of carbonyl (C=O) groups is 1. The normalized spacial score (nSPS) is 18.5. The molecule has 0 radical (unpaired) electrons. The standard InChI is InChI=1S/C24H25FN2O3S/c1-12-21(20-10-14-18(26(2)3)5-4-6-19(14)31-20)17(25)9-15-22(12)27(13-7-8-13)11-16(23(15)28)24(29)30/h9-11,13,18H,4-8H2,1-3H3,(H,29,30). The zero-order valence-corrected chi connectivity index (χ0v) is 18.7. The minimum Gasteiger partial charge on any atom is -0.477 e. The van der Waals surface area contributed by atoms with E-state index in [0.717, 1.165) is 37.0 Å². The molecule has 2 aliphatic carbocycles. The highest BCUT2D eigenvalue weighted by Crippen LogP contribution is 2.45. The van der Waals surface area contributed by atoms with Gasteiger partial charge >= 0.3 is 5.97 Å². The van der Waals surface area contributed by atoms with Crippen LogP contribution in [0.3, 0.4) is 0 Å². The van der Waals surface area contributed by atoms with Gasteiger partial charge in [-0.25, -0.2) is 9.18 Å². The Balaban J connectivity index is 1.77. The number of nitrogens with zero attached hydrogens (tertiary/aromatic N) is 2. The molecule has 1 N–H and O–H groups in total. The second-order valence-corrected chi connectivity index (χ2v) is 10.1. The smallest absolute Gasteiger partial charge is 0.341 e. The van der Waals surface area contributed by atoms with Crippen LogP contribution in [-0.2, 0) is 6.42 Å². The third kappa shape index (κ3) is 3.22. The number of aromatic nitrogens is 1. The van der Waals surface area contributed by atoms with E-state index in [1.807, 2.05) is 11.5 Å². The predicted molar refractivity (Wildman–Crippen MR) is 121 cm³/mol. The Morgan fingerprint density at radius 1 is 1.26 bits per heavy atom. The van der Waals surface area contributed by atoms with E-state index in [-0.39, 0.29) is 17.0 Å².